The highest BCUT2D eigenvalue weighted by Crippen LogP contribution is 2.69. The van der Waals surface area contributed by atoms with E-state index in [4.69, 9.17) is 0 Å². The molecule has 31 heavy (non-hydrogen) atoms. The monoisotopic (exact) mass is 432 g/mol. The maximum absolute atomic E-state index is 11.0. The van der Waals surface area contributed by atoms with Crippen molar-refractivity contribution in [2.24, 2.45) is 46.3 Å². The molecule has 4 aliphatic carbocycles. The van der Waals surface area contributed by atoms with Crippen LogP contribution in [0.5, 0.6) is 0 Å². The Morgan fingerprint density at radius 3 is 2.32 bits per heavy atom. The lowest BCUT2D eigenvalue weighted by molar-refractivity contribution is -0.152. The summed E-state index contributed by atoms with van der Waals surface area (Å²) < 4.78 is 0. The van der Waals surface area contributed by atoms with Crippen LogP contribution in [0, 0.1) is 46.3 Å². The van der Waals surface area contributed by atoms with Gasteiger partial charge in [0.05, 0.1) is 11.2 Å². The zero-order chi connectivity index (χ0) is 22.7. The lowest BCUT2D eigenvalue weighted by Crippen LogP contribution is -2.56. The van der Waals surface area contributed by atoms with Gasteiger partial charge in [0.15, 0.2) is 0 Å². The first kappa shape index (κ1) is 24.1. The van der Waals surface area contributed by atoms with Gasteiger partial charge in [-0.15, -0.1) is 0 Å². The predicted octanol–water partition coefficient (Wildman–Crippen LogP) is 7.36. The molecule has 4 saturated carbocycles. The maximum atomic E-state index is 11.0. The molecule has 4 rings (SSSR count). The van der Waals surface area contributed by atoms with Crippen molar-refractivity contribution in [2.75, 3.05) is 0 Å². The van der Waals surface area contributed by atoms with Crippen LogP contribution < -0.4 is 0 Å². The van der Waals surface area contributed by atoms with Crippen LogP contribution in [0.1, 0.15) is 125 Å². The Kier molecular flexibility index (Phi) is 6.44. The van der Waals surface area contributed by atoms with Crippen molar-refractivity contribution in [3.8, 4) is 0 Å². The third kappa shape index (κ3) is 4.27. The zero-order valence-corrected chi connectivity index (χ0v) is 21.6. The summed E-state index contributed by atoms with van der Waals surface area (Å²) in [4.78, 5) is 0. The van der Waals surface area contributed by atoms with E-state index < -0.39 is 5.60 Å². The minimum Gasteiger partial charge on any atom is -0.390 e. The SMILES string of the molecule is CC[C@]1(O)CC[C@@]2(C)C(CC[C@@H]3C2CC[C@@]2(C)C3CCC2[C@H](C)CCCC(C)(C)O)C1. The van der Waals surface area contributed by atoms with Gasteiger partial charge in [0.25, 0.3) is 0 Å². The van der Waals surface area contributed by atoms with Gasteiger partial charge in [-0.25, -0.2) is 0 Å². The third-order valence-corrected chi connectivity index (χ3v) is 11.7. The molecule has 0 aromatic rings. The van der Waals surface area contributed by atoms with Crippen LogP contribution in [0.15, 0.2) is 0 Å². The zero-order valence-electron chi connectivity index (χ0n) is 21.6. The second kappa shape index (κ2) is 8.30. The second-order valence-corrected chi connectivity index (χ2v) is 13.8. The van der Waals surface area contributed by atoms with E-state index in [0.717, 1.165) is 67.6 Å². The Labute approximate surface area is 193 Å². The van der Waals surface area contributed by atoms with Gasteiger partial charge in [-0.3, -0.25) is 0 Å². The molecule has 0 spiro atoms. The molecule has 0 aromatic heterocycles. The minimum absolute atomic E-state index is 0.378. The van der Waals surface area contributed by atoms with Crippen molar-refractivity contribution in [3.05, 3.63) is 0 Å². The molecular formula is C29H52O2. The van der Waals surface area contributed by atoms with E-state index in [-0.39, 0.29) is 5.60 Å². The van der Waals surface area contributed by atoms with Crippen molar-refractivity contribution in [3.63, 3.8) is 0 Å². The molecule has 0 aromatic carbocycles. The maximum Gasteiger partial charge on any atom is 0.0648 e. The molecule has 2 N–H and O–H groups in total. The van der Waals surface area contributed by atoms with Gasteiger partial charge in [-0.2, -0.15) is 0 Å². The van der Waals surface area contributed by atoms with Crippen molar-refractivity contribution >= 4 is 0 Å². The van der Waals surface area contributed by atoms with E-state index in [1.165, 1.54) is 51.4 Å². The molecular weight excluding hydrogens is 380 g/mol. The predicted molar refractivity (Wildman–Crippen MR) is 130 cm³/mol. The summed E-state index contributed by atoms with van der Waals surface area (Å²) >= 11 is 0. The van der Waals surface area contributed by atoms with Crippen LogP contribution in [-0.4, -0.2) is 21.4 Å². The van der Waals surface area contributed by atoms with Gasteiger partial charge in [-0.1, -0.05) is 40.5 Å². The normalized spacial score (nSPS) is 48.6. The Bertz CT molecular complexity index is 637. The molecule has 0 aliphatic heterocycles. The van der Waals surface area contributed by atoms with E-state index in [1.807, 2.05) is 13.8 Å². The minimum atomic E-state index is -0.516. The molecule has 0 heterocycles. The van der Waals surface area contributed by atoms with E-state index in [9.17, 15) is 10.2 Å². The van der Waals surface area contributed by atoms with E-state index >= 15 is 0 Å². The number of hydrogen-bond acceptors (Lipinski definition) is 2. The number of rotatable bonds is 6. The highest BCUT2D eigenvalue weighted by Gasteiger charge is 2.61. The van der Waals surface area contributed by atoms with E-state index in [1.54, 1.807) is 0 Å². The smallest absolute Gasteiger partial charge is 0.0648 e. The molecule has 9 atom stereocenters. The van der Waals surface area contributed by atoms with E-state index in [0.29, 0.717) is 10.8 Å². The summed E-state index contributed by atoms with van der Waals surface area (Å²) in [6.07, 6.45) is 16.2. The average Bonchev–Trinajstić information content (AvgIpc) is 3.05. The first-order valence-electron chi connectivity index (χ1n) is 13.9. The third-order valence-electron chi connectivity index (χ3n) is 11.7. The van der Waals surface area contributed by atoms with Crippen molar-refractivity contribution in [2.45, 2.75) is 136 Å². The molecule has 2 nitrogen and oxygen atoms in total. The summed E-state index contributed by atoms with van der Waals surface area (Å²) in [5, 5.41) is 21.1. The first-order chi connectivity index (χ1) is 14.4. The fourth-order valence-electron chi connectivity index (χ4n) is 9.68. The standard InChI is InChI=1S/C29H52O2/c1-7-29(31)18-17-27(5)21(19-29)10-11-22-24-13-12-23(28(24,6)16-14-25(22)27)20(2)9-8-15-26(3,4)30/h20-25,30-31H,7-19H2,1-6H3/t20-,21?,22+,23?,24?,25?,27+,28-,29+/m1/s1. The fraction of sp³-hybridized carbons (Fsp3) is 1.00. The Balaban J connectivity index is 1.45. The van der Waals surface area contributed by atoms with Crippen LogP contribution in [0.25, 0.3) is 0 Å². The highest BCUT2D eigenvalue weighted by atomic mass is 16.3. The molecule has 0 radical (unpaired) electrons. The van der Waals surface area contributed by atoms with Crippen LogP contribution in [0.4, 0.5) is 0 Å². The second-order valence-electron chi connectivity index (χ2n) is 13.8. The summed E-state index contributed by atoms with van der Waals surface area (Å²) in [6.45, 7) is 13.9. The van der Waals surface area contributed by atoms with Crippen molar-refractivity contribution in [1.82, 2.24) is 0 Å². The molecule has 4 fully saturated rings. The van der Waals surface area contributed by atoms with Gasteiger partial charge in [-0.05, 0) is 131 Å². The van der Waals surface area contributed by atoms with Crippen LogP contribution in [0.2, 0.25) is 0 Å². The van der Waals surface area contributed by atoms with Crippen LogP contribution in [-0.2, 0) is 0 Å². The molecule has 0 bridgehead atoms. The number of aliphatic hydroxyl groups is 2. The van der Waals surface area contributed by atoms with Gasteiger partial charge >= 0.3 is 0 Å². The van der Waals surface area contributed by atoms with Crippen LogP contribution >= 0.6 is 0 Å². The van der Waals surface area contributed by atoms with Gasteiger partial charge in [0.2, 0.25) is 0 Å². The highest BCUT2D eigenvalue weighted by molar-refractivity contribution is 5.10. The topological polar surface area (TPSA) is 40.5 Å². The Hall–Kier alpha value is -0.0800. The number of hydrogen-bond donors (Lipinski definition) is 2. The lowest BCUT2D eigenvalue weighted by atomic mass is 9.43. The fourth-order valence-corrected chi connectivity index (χ4v) is 9.68. The molecule has 4 aliphatic rings. The van der Waals surface area contributed by atoms with Gasteiger partial charge < -0.3 is 10.2 Å². The van der Waals surface area contributed by atoms with Gasteiger partial charge in [0, 0.05) is 0 Å². The molecule has 0 saturated heterocycles. The molecule has 2 heteroatoms. The average molecular weight is 433 g/mol. The molecule has 0 amide bonds. The lowest BCUT2D eigenvalue weighted by Gasteiger charge is -2.62. The Morgan fingerprint density at radius 2 is 1.65 bits per heavy atom. The van der Waals surface area contributed by atoms with Crippen molar-refractivity contribution < 1.29 is 10.2 Å². The van der Waals surface area contributed by atoms with Crippen LogP contribution in [0.3, 0.4) is 0 Å². The summed E-state index contributed by atoms with van der Waals surface area (Å²) in [7, 11) is 0. The Morgan fingerprint density at radius 1 is 0.935 bits per heavy atom. The molecule has 4 unspecified atom stereocenters. The largest absolute Gasteiger partial charge is 0.390 e. The molecule has 180 valence electrons. The summed E-state index contributed by atoms with van der Waals surface area (Å²) in [5.41, 5.74) is 0.120. The van der Waals surface area contributed by atoms with Crippen molar-refractivity contribution in [1.29, 1.82) is 0 Å². The summed E-state index contributed by atoms with van der Waals surface area (Å²) in [6, 6.07) is 0. The first-order valence-corrected chi connectivity index (χ1v) is 13.9. The summed E-state index contributed by atoms with van der Waals surface area (Å²) in [5.74, 6) is 5.17. The number of fused-ring (bicyclic) bond motifs is 5. The van der Waals surface area contributed by atoms with Gasteiger partial charge in [0.1, 0.15) is 0 Å². The quantitative estimate of drug-likeness (QED) is 0.460. The van der Waals surface area contributed by atoms with E-state index in [2.05, 4.69) is 27.7 Å².